The average Bonchev–Trinajstić information content (AvgIpc) is 2.33. The molecule has 0 aromatic carbocycles. The van der Waals surface area contributed by atoms with Crippen molar-refractivity contribution < 1.29 is 0 Å². The van der Waals surface area contributed by atoms with Crippen molar-refractivity contribution in [2.45, 2.75) is 32.7 Å². The molecule has 2 nitrogen and oxygen atoms in total. The van der Waals surface area contributed by atoms with Crippen molar-refractivity contribution in [3.8, 4) is 0 Å². The van der Waals surface area contributed by atoms with E-state index < -0.39 is 0 Å². The van der Waals surface area contributed by atoms with E-state index in [0.29, 0.717) is 5.92 Å². The molecule has 0 unspecified atom stereocenters. The zero-order valence-corrected chi connectivity index (χ0v) is 7.98. The average molecular weight is 170 g/mol. The molecule has 0 aliphatic rings. The van der Waals surface area contributed by atoms with Crippen molar-refractivity contribution in [3.05, 3.63) is 16.1 Å². The molecule has 0 bridgehead atoms. The number of hydrogen-bond acceptors (Lipinski definition) is 3. The summed E-state index contributed by atoms with van der Waals surface area (Å²) in [6.07, 6.45) is 0. The maximum Gasteiger partial charge on any atom is 0.109 e. The summed E-state index contributed by atoms with van der Waals surface area (Å²) in [5, 5.41) is 3.12. The van der Waals surface area contributed by atoms with Gasteiger partial charge in [0, 0.05) is 5.38 Å². The normalized spacial score (nSPS) is 13.9. The molecule has 62 valence electrons. The molecule has 0 saturated carbocycles. The number of hydrogen-bond donors (Lipinski definition) is 1. The van der Waals surface area contributed by atoms with Crippen LogP contribution in [-0.4, -0.2) is 4.98 Å². The molecule has 2 N–H and O–H groups in total. The Morgan fingerprint density at radius 2 is 2.09 bits per heavy atom. The summed E-state index contributed by atoms with van der Waals surface area (Å²) in [7, 11) is 0. The topological polar surface area (TPSA) is 38.9 Å². The van der Waals surface area contributed by atoms with Gasteiger partial charge in [0.15, 0.2) is 0 Å². The third kappa shape index (κ3) is 2.01. The SMILES string of the molecule is CC(C)c1csc([C@H](C)N)n1. The summed E-state index contributed by atoms with van der Waals surface area (Å²) in [6, 6.07) is 0.0764. The zero-order chi connectivity index (χ0) is 8.43. The lowest BCUT2D eigenvalue weighted by Gasteiger charge is -1.99. The molecule has 3 heteroatoms. The highest BCUT2D eigenvalue weighted by molar-refractivity contribution is 7.09. The van der Waals surface area contributed by atoms with Crippen LogP contribution in [-0.2, 0) is 0 Å². The molecule has 1 rings (SSSR count). The molecule has 11 heavy (non-hydrogen) atoms. The fourth-order valence-corrected chi connectivity index (χ4v) is 1.71. The quantitative estimate of drug-likeness (QED) is 0.739. The molecule has 0 aliphatic heterocycles. The van der Waals surface area contributed by atoms with E-state index in [-0.39, 0.29) is 6.04 Å². The van der Waals surface area contributed by atoms with E-state index in [1.807, 2.05) is 6.92 Å². The van der Waals surface area contributed by atoms with Crippen LogP contribution in [0.3, 0.4) is 0 Å². The van der Waals surface area contributed by atoms with Gasteiger partial charge in [-0.2, -0.15) is 0 Å². The number of nitrogens with two attached hydrogens (primary N) is 1. The lowest BCUT2D eigenvalue weighted by molar-refractivity contribution is 0.772. The fourth-order valence-electron chi connectivity index (χ4n) is 0.775. The van der Waals surface area contributed by atoms with Crippen molar-refractivity contribution in [2.24, 2.45) is 5.73 Å². The van der Waals surface area contributed by atoms with Gasteiger partial charge in [0.05, 0.1) is 11.7 Å². The van der Waals surface area contributed by atoms with Crippen molar-refractivity contribution in [1.82, 2.24) is 4.98 Å². The van der Waals surface area contributed by atoms with E-state index in [1.165, 1.54) is 0 Å². The molecule has 0 radical (unpaired) electrons. The maximum atomic E-state index is 5.68. The smallest absolute Gasteiger partial charge is 0.109 e. The van der Waals surface area contributed by atoms with Crippen molar-refractivity contribution in [2.75, 3.05) is 0 Å². The first-order valence-electron chi connectivity index (χ1n) is 3.82. The second kappa shape index (κ2) is 3.32. The first-order chi connectivity index (χ1) is 5.11. The Balaban J connectivity index is 2.82. The highest BCUT2D eigenvalue weighted by Crippen LogP contribution is 2.20. The van der Waals surface area contributed by atoms with Crippen LogP contribution in [0, 0.1) is 0 Å². The molecular formula is C8H14N2S. The largest absolute Gasteiger partial charge is 0.322 e. The highest BCUT2D eigenvalue weighted by Gasteiger charge is 2.07. The first kappa shape index (κ1) is 8.68. The molecule has 1 heterocycles. The Hall–Kier alpha value is -0.410. The van der Waals surface area contributed by atoms with Gasteiger partial charge in [-0.05, 0) is 12.8 Å². The molecular weight excluding hydrogens is 156 g/mol. The number of rotatable bonds is 2. The van der Waals surface area contributed by atoms with Gasteiger partial charge in [-0.3, -0.25) is 0 Å². The highest BCUT2D eigenvalue weighted by atomic mass is 32.1. The summed E-state index contributed by atoms with van der Waals surface area (Å²) < 4.78 is 0. The monoisotopic (exact) mass is 170 g/mol. The van der Waals surface area contributed by atoms with E-state index >= 15 is 0 Å². The summed E-state index contributed by atoms with van der Waals surface area (Å²) in [5.41, 5.74) is 6.83. The minimum absolute atomic E-state index is 0.0764. The Morgan fingerprint density at radius 1 is 1.45 bits per heavy atom. The van der Waals surface area contributed by atoms with Crippen LogP contribution in [0.2, 0.25) is 0 Å². The number of thiazole rings is 1. The molecule has 0 spiro atoms. The van der Waals surface area contributed by atoms with Crippen LogP contribution in [0.5, 0.6) is 0 Å². The van der Waals surface area contributed by atoms with Crippen LogP contribution < -0.4 is 5.73 Å². The Bertz CT molecular complexity index is 205. The van der Waals surface area contributed by atoms with Gasteiger partial charge in [0.2, 0.25) is 0 Å². The lowest BCUT2D eigenvalue weighted by atomic mass is 10.2. The lowest BCUT2D eigenvalue weighted by Crippen LogP contribution is -2.04. The van der Waals surface area contributed by atoms with E-state index in [1.54, 1.807) is 11.3 Å². The van der Waals surface area contributed by atoms with Gasteiger partial charge in [-0.1, -0.05) is 13.8 Å². The van der Waals surface area contributed by atoms with E-state index in [9.17, 15) is 0 Å². The van der Waals surface area contributed by atoms with Crippen molar-refractivity contribution >= 4 is 11.3 Å². The van der Waals surface area contributed by atoms with Crippen LogP contribution >= 0.6 is 11.3 Å². The third-order valence-electron chi connectivity index (χ3n) is 1.52. The van der Waals surface area contributed by atoms with Gasteiger partial charge in [0.25, 0.3) is 0 Å². The minimum atomic E-state index is 0.0764. The summed E-state index contributed by atoms with van der Waals surface area (Å²) in [4.78, 5) is 4.40. The number of aromatic nitrogens is 1. The van der Waals surface area contributed by atoms with E-state index in [0.717, 1.165) is 10.7 Å². The Labute approximate surface area is 71.5 Å². The van der Waals surface area contributed by atoms with E-state index in [2.05, 4.69) is 24.2 Å². The van der Waals surface area contributed by atoms with Crippen LogP contribution in [0.15, 0.2) is 5.38 Å². The first-order valence-corrected chi connectivity index (χ1v) is 4.70. The molecule has 0 aliphatic carbocycles. The zero-order valence-electron chi connectivity index (χ0n) is 7.16. The standard InChI is InChI=1S/C8H14N2S/c1-5(2)7-4-11-8(10-7)6(3)9/h4-6H,9H2,1-3H3/t6-/m0/s1. The Morgan fingerprint density at radius 3 is 2.36 bits per heavy atom. The van der Waals surface area contributed by atoms with Gasteiger partial charge in [-0.25, -0.2) is 4.98 Å². The third-order valence-corrected chi connectivity index (χ3v) is 2.58. The summed E-state index contributed by atoms with van der Waals surface area (Å²) >= 11 is 1.65. The van der Waals surface area contributed by atoms with Crippen LogP contribution in [0.25, 0.3) is 0 Å². The molecule has 1 atom stereocenters. The predicted octanol–water partition coefficient (Wildman–Crippen LogP) is 2.29. The van der Waals surface area contributed by atoms with Gasteiger partial charge < -0.3 is 5.73 Å². The van der Waals surface area contributed by atoms with Crippen molar-refractivity contribution in [3.63, 3.8) is 0 Å². The summed E-state index contributed by atoms with van der Waals surface area (Å²) in [6.45, 7) is 6.24. The molecule has 0 fully saturated rings. The van der Waals surface area contributed by atoms with Gasteiger partial charge in [-0.15, -0.1) is 11.3 Å². The van der Waals surface area contributed by atoms with Crippen LogP contribution in [0.4, 0.5) is 0 Å². The van der Waals surface area contributed by atoms with Gasteiger partial charge in [0.1, 0.15) is 5.01 Å². The molecule has 1 aromatic heterocycles. The molecule has 0 saturated heterocycles. The molecule has 1 aromatic rings. The Kier molecular flexibility index (Phi) is 2.62. The van der Waals surface area contributed by atoms with Gasteiger partial charge >= 0.3 is 0 Å². The maximum absolute atomic E-state index is 5.68. The fraction of sp³-hybridized carbons (Fsp3) is 0.625. The van der Waals surface area contributed by atoms with Crippen LogP contribution in [0.1, 0.15) is 43.4 Å². The predicted molar refractivity (Wildman–Crippen MR) is 48.8 cm³/mol. The second-order valence-electron chi connectivity index (χ2n) is 3.05. The molecule has 0 amide bonds. The van der Waals surface area contributed by atoms with E-state index in [4.69, 9.17) is 5.73 Å². The summed E-state index contributed by atoms with van der Waals surface area (Å²) in [5.74, 6) is 0.513. The second-order valence-corrected chi connectivity index (χ2v) is 3.94. The number of nitrogens with zero attached hydrogens (tertiary/aromatic N) is 1. The minimum Gasteiger partial charge on any atom is -0.322 e. The van der Waals surface area contributed by atoms with Crippen molar-refractivity contribution in [1.29, 1.82) is 0 Å².